The first-order valence-electron chi connectivity index (χ1n) is 8.74. The Kier molecular flexibility index (Phi) is 5.02. The van der Waals surface area contributed by atoms with E-state index in [1.54, 1.807) is 35.4 Å². The standard InChI is InChI=1S/C22H17N5O/c28-22(19-11-12-20(24-15-19)27-14-13-23-16-27)26-25-21(17-7-3-1-4-8-17)18-9-5-2-6-10-18/h1-16H,(H,26,28). The Labute approximate surface area is 162 Å². The van der Waals surface area contributed by atoms with Crippen molar-refractivity contribution < 1.29 is 4.79 Å². The van der Waals surface area contributed by atoms with Gasteiger partial charge in [-0.3, -0.25) is 9.36 Å². The molecule has 0 unspecified atom stereocenters. The lowest BCUT2D eigenvalue weighted by atomic mass is 10.0. The third kappa shape index (κ3) is 3.86. The molecule has 0 aliphatic carbocycles. The van der Waals surface area contributed by atoms with E-state index in [0.29, 0.717) is 17.1 Å². The first-order chi connectivity index (χ1) is 13.8. The predicted molar refractivity (Wildman–Crippen MR) is 107 cm³/mol. The van der Waals surface area contributed by atoms with E-state index in [9.17, 15) is 4.79 Å². The first-order valence-corrected chi connectivity index (χ1v) is 8.74. The van der Waals surface area contributed by atoms with Crippen LogP contribution >= 0.6 is 0 Å². The Bertz CT molecular complexity index is 1030. The van der Waals surface area contributed by atoms with Crippen molar-refractivity contribution in [3.05, 3.63) is 114 Å². The average Bonchev–Trinajstić information content (AvgIpc) is 3.30. The number of carbonyl (C=O) groups excluding carboxylic acids is 1. The Hall–Kier alpha value is -4.06. The van der Waals surface area contributed by atoms with E-state index in [1.807, 2.05) is 60.7 Å². The number of pyridine rings is 1. The lowest BCUT2D eigenvalue weighted by Crippen LogP contribution is -2.21. The summed E-state index contributed by atoms with van der Waals surface area (Å²) in [5.74, 6) is 0.362. The van der Waals surface area contributed by atoms with Gasteiger partial charge in [-0.1, -0.05) is 60.7 Å². The molecule has 0 spiro atoms. The smallest absolute Gasteiger partial charge is 0.272 e. The van der Waals surface area contributed by atoms with Crippen LogP contribution in [0.3, 0.4) is 0 Å². The summed E-state index contributed by atoms with van der Waals surface area (Å²) in [6.07, 6.45) is 6.63. The molecule has 0 fully saturated rings. The number of imidazole rings is 1. The lowest BCUT2D eigenvalue weighted by molar-refractivity contribution is 0.0954. The van der Waals surface area contributed by atoms with E-state index in [1.165, 1.54) is 6.20 Å². The minimum absolute atomic E-state index is 0.325. The van der Waals surface area contributed by atoms with Crippen molar-refractivity contribution in [3.63, 3.8) is 0 Å². The Balaban J connectivity index is 1.57. The highest BCUT2D eigenvalue weighted by molar-refractivity contribution is 6.13. The number of benzene rings is 2. The third-order valence-corrected chi connectivity index (χ3v) is 4.14. The number of nitrogens with one attached hydrogen (secondary N) is 1. The molecule has 1 N–H and O–H groups in total. The highest BCUT2D eigenvalue weighted by Crippen LogP contribution is 2.11. The van der Waals surface area contributed by atoms with Crippen LogP contribution in [0.25, 0.3) is 5.82 Å². The van der Waals surface area contributed by atoms with Crippen molar-refractivity contribution in [2.24, 2.45) is 5.10 Å². The Morgan fingerprint density at radius 3 is 2.07 bits per heavy atom. The minimum Gasteiger partial charge on any atom is -0.291 e. The Morgan fingerprint density at radius 1 is 0.857 bits per heavy atom. The van der Waals surface area contributed by atoms with Gasteiger partial charge in [0.25, 0.3) is 5.91 Å². The van der Waals surface area contributed by atoms with Gasteiger partial charge in [0.05, 0.1) is 11.3 Å². The number of hydrogen-bond donors (Lipinski definition) is 1. The summed E-state index contributed by atoms with van der Waals surface area (Å²) >= 11 is 0. The second-order valence-electron chi connectivity index (χ2n) is 6.01. The molecule has 0 saturated carbocycles. The summed E-state index contributed by atoms with van der Waals surface area (Å²) in [4.78, 5) is 20.8. The maximum absolute atomic E-state index is 12.5. The van der Waals surface area contributed by atoms with Gasteiger partial charge in [0.2, 0.25) is 0 Å². The van der Waals surface area contributed by atoms with Crippen LogP contribution in [0, 0.1) is 0 Å². The van der Waals surface area contributed by atoms with Gasteiger partial charge in [-0.05, 0) is 12.1 Å². The molecule has 0 aliphatic rings. The summed E-state index contributed by atoms with van der Waals surface area (Å²) < 4.78 is 1.77. The quantitative estimate of drug-likeness (QED) is 0.434. The van der Waals surface area contributed by atoms with E-state index in [2.05, 4.69) is 20.5 Å². The molecule has 2 heterocycles. The molecule has 4 aromatic rings. The number of hydrazone groups is 1. The summed E-state index contributed by atoms with van der Waals surface area (Å²) in [5, 5.41) is 4.39. The largest absolute Gasteiger partial charge is 0.291 e. The minimum atomic E-state index is -0.325. The van der Waals surface area contributed by atoms with Crippen molar-refractivity contribution >= 4 is 11.6 Å². The molecule has 0 aliphatic heterocycles. The number of aromatic nitrogens is 3. The molecule has 6 nitrogen and oxygen atoms in total. The lowest BCUT2D eigenvalue weighted by Gasteiger charge is -2.08. The van der Waals surface area contributed by atoms with Gasteiger partial charge in [0.15, 0.2) is 0 Å². The fourth-order valence-corrected chi connectivity index (χ4v) is 2.73. The number of rotatable bonds is 5. The molecule has 28 heavy (non-hydrogen) atoms. The summed E-state index contributed by atoms with van der Waals surface area (Å²) in [6, 6.07) is 22.9. The van der Waals surface area contributed by atoms with Gasteiger partial charge in [-0.25, -0.2) is 15.4 Å². The molecule has 0 bridgehead atoms. The maximum atomic E-state index is 12.5. The molecule has 2 aromatic heterocycles. The van der Waals surface area contributed by atoms with Crippen LogP contribution in [0.1, 0.15) is 21.5 Å². The highest BCUT2D eigenvalue weighted by atomic mass is 16.2. The van der Waals surface area contributed by atoms with Gasteiger partial charge in [0.1, 0.15) is 12.1 Å². The van der Waals surface area contributed by atoms with Gasteiger partial charge in [-0.2, -0.15) is 5.10 Å². The van der Waals surface area contributed by atoms with Gasteiger partial charge >= 0.3 is 0 Å². The van der Waals surface area contributed by atoms with Gasteiger partial charge in [-0.15, -0.1) is 0 Å². The SMILES string of the molecule is O=C(NN=C(c1ccccc1)c1ccccc1)c1ccc(-n2ccnc2)nc1. The zero-order valence-corrected chi connectivity index (χ0v) is 14.9. The van der Waals surface area contributed by atoms with Crippen molar-refractivity contribution in [2.45, 2.75) is 0 Å². The normalized spacial score (nSPS) is 10.3. The van der Waals surface area contributed by atoms with Crippen LogP contribution in [0.2, 0.25) is 0 Å². The van der Waals surface area contributed by atoms with Crippen LogP contribution in [0.5, 0.6) is 0 Å². The molecule has 1 amide bonds. The van der Waals surface area contributed by atoms with Gasteiger partial charge in [0, 0.05) is 29.7 Å². The van der Waals surface area contributed by atoms with Crippen molar-refractivity contribution in [2.75, 3.05) is 0 Å². The summed E-state index contributed by atoms with van der Waals surface area (Å²) in [7, 11) is 0. The van der Waals surface area contributed by atoms with Crippen LogP contribution in [-0.2, 0) is 0 Å². The zero-order valence-electron chi connectivity index (χ0n) is 14.9. The molecule has 4 rings (SSSR count). The van der Waals surface area contributed by atoms with E-state index in [4.69, 9.17) is 0 Å². The van der Waals surface area contributed by atoms with Crippen LogP contribution < -0.4 is 5.43 Å². The molecule has 0 saturated heterocycles. The van der Waals surface area contributed by atoms with Crippen molar-refractivity contribution in [3.8, 4) is 5.82 Å². The van der Waals surface area contributed by atoms with Gasteiger partial charge < -0.3 is 0 Å². The number of nitrogens with zero attached hydrogens (tertiary/aromatic N) is 4. The van der Waals surface area contributed by atoms with Crippen LogP contribution in [0.4, 0.5) is 0 Å². The van der Waals surface area contributed by atoms with E-state index < -0.39 is 0 Å². The van der Waals surface area contributed by atoms with Crippen molar-refractivity contribution in [1.29, 1.82) is 0 Å². The third-order valence-electron chi connectivity index (χ3n) is 4.14. The second kappa shape index (κ2) is 8.09. The topological polar surface area (TPSA) is 72.2 Å². The number of amides is 1. The first kappa shape index (κ1) is 17.4. The number of carbonyl (C=O) groups is 1. The predicted octanol–water partition coefficient (Wildman–Crippen LogP) is 3.45. The monoisotopic (exact) mass is 367 g/mol. The number of hydrogen-bond acceptors (Lipinski definition) is 4. The highest BCUT2D eigenvalue weighted by Gasteiger charge is 2.10. The fourth-order valence-electron chi connectivity index (χ4n) is 2.73. The zero-order chi connectivity index (χ0) is 19.2. The van der Waals surface area contributed by atoms with Crippen molar-refractivity contribution in [1.82, 2.24) is 20.0 Å². The molecule has 6 heteroatoms. The molecule has 2 aromatic carbocycles. The maximum Gasteiger partial charge on any atom is 0.272 e. The Morgan fingerprint density at radius 2 is 1.54 bits per heavy atom. The average molecular weight is 367 g/mol. The summed E-state index contributed by atoms with van der Waals surface area (Å²) in [6.45, 7) is 0. The second-order valence-corrected chi connectivity index (χ2v) is 6.01. The van der Waals surface area contributed by atoms with E-state index in [-0.39, 0.29) is 5.91 Å². The van der Waals surface area contributed by atoms with Crippen LogP contribution in [-0.4, -0.2) is 26.2 Å². The van der Waals surface area contributed by atoms with E-state index >= 15 is 0 Å². The van der Waals surface area contributed by atoms with Crippen LogP contribution in [0.15, 0.2) is 103 Å². The fraction of sp³-hybridized carbons (Fsp3) is 0. The summed E-state index contributed by atoms with van der Waals surface area (Å²) in [5.41, 5.74) is 5.59. The molecular weight excluding hydrogens is 350 g/mol. The molecule has 136 valence electrons. The molecular formula is C22H17N5O. The molecule has 0 atom stereocenters. The van der Waals surface area contributed by atoms with E-state index in [0.717, 1.165) is 11.1 Å². The molecule has 0 radical (unpaired) electrons.